The van der Waals surface area contributed by atoms with Crippen LogP contribution in [0.15, 0.2) is 35.3 Å². The number of hydrogen-bond donors (Lipinski definition) is 3. The maximum Gasteiger partial charge on any atom is 0.251 e. The molecule has 0 aliphatic carbocycles. The molecule has 0 heterocycles. The first-order valence-corrected chi connectivity index (χ1v) is 8.49. The molecule has 0 saturated carbocycles. The van der Waals surface area contributed by atoms with Crippen molar-refractivity contribution in [3.63, 3.8) is 0 Å². The van der Waals surface area contributed by atoms with Crippen LogP contribution in [0.25, 0.3) is 0 Å². The van der Waals surface area contributed by atoms with Gasteiger partial charge in [0.15, 0.2) is 5.96 Å². The number of nitrogens with zero attached hydrogens (tertiary/aromatic N) is 1. The van der Waals surface area contributed by atoms with Crippen molar-refractivity contribution in [3.05, 3.63) is 35.9 Å². The molecule has 24 heavy (non-hydrogen) atoms. The molecule has 0 aromatic heterocycles. The van der Waals surface area contributed by atoms with E-state index >= 15 is 0 Å². The van der Waals surface area contributed by atoms with Crippen molar-refractivity contribution in [2.75, 3.05) is 26.2 Å². The maximum absolute atomic E-state index is 11.9. The van der Waals surface area contributed by atoms with Crippen LogP contribution in [-0.2, 0) is 0 Å². The number of benzene rings is 1. The fourth-order valence-corrected chi connectivity index (χ4v) is 2.08. The number of aliphatic imine (C=N–C) groups is 1. The topological polar surface area (TPSA) is 65.5 Å². The Morgan fingerprint density at radius 2 is 1.75 bits per heavy atom. The largest absolute Gasteiger partial charge is 0.357 e. The first kappa shape index (κ1) is 22.7. The molecule has 1 aromatic rings. The molecule has 0 fully saturated rings. The van der Waals surface area contributed by atoms with Gasteiger partial charge in [-0.05, 0) is 37.8 Å². The van der Waals surface area contributed by atoms with Gasteiger partial charge in [-0.15, -0.1) is 24.0 Å². The summed E-state index contributed by atoms with van der Waals surface area (Å²) in [5, 5.41) is 9.35. The molecule has 0 spiro atoms. The predicted molar refractivity (Wildman–Crippen MR) is 112 cm³/mol. The van der Waals surface area contributed by atoms with Crippen molar-refractivity contribution < 1.29 is 4.79 Å². The molecule has 0 aliphatic heterocycles. The van der Waals surface area contributed by atoms with Crippen molar-refractivity contribution in [2.45, 2.75) is 33.6 Å². The van der Waals surface area contributed by atoms with E-state index in [0.717, 1.165) is 25.5 Å². The molecular formula is C18H31IN4O. The maximum atomic E-state index is 11.9. The number of guanidine groups is 1. The van der Waals surface area contributed by atoms with E-state index in [-0.39, 0.29) is 29.9 Å². The van der Waals surface area contributed by atoms with E-state index in [9.17, 15) is 4.79 Å². The lowest BCUT2D eigenvalue weighted by atomic mass is 10.1. The van der Waals surface area contributed by atoms with E-state index in [1.165, 1.54) is 6.42 Å². The monoisotopic (exact) mass is 446 g/mol. The van der Waals surface area contributed by atoms with Gasteiger partial charge in [0.2, 0.25) is 0 Å². The minimum atomic E-state index is -0.0497. The molecule has 0 aliphatic rings. The minimum absolute atomic E-state index is 0. The second kappa shape index (κ2) is 14.1. The van der Waals surface area contributed by atoms with Gasteiger partial charge in [-0.1, -0.05) is 32.0 Å². The summed E-state index contributed by atoms with van der Waals surface area (Å²) in [6.07, 6.45) is 2.29. The number of amides is 1. The van der Waals surface area contributed by atoms with Crippen LogP contribution in [0.5, 0.6) is 0 Å². The molecule has 0 bridgehead atoms. The number of carbonyl (C=O) groups excluding carboxylic acids is 1. The molecule has 0 saturated heterocycles. The summed E-state index contributed by atoms with van der Waals surface area (Å²) in [5.41, 5.74) is 0.682. The van der Waals surface area contributed by atoms with Gasteiger partial charge in [-0.25, -0.2) is 0 Å². The quantitative estimate of drug-likeness (QED) is 0.237. The van der Waals surface area contributed by atoms with Gasteiger partial charge in [0.1, 0.15) is 0 Å². The fraction of sp³-hybridized carbons (Fsp3) is 0.556. The highest BCUT2D eigenvalue weighted by molar-refractivity contribution is 14.0. The van der Waals surface area contributed by atoms with Crippen LogP contribution in [0.4, 0.5) is 0 Å². The average Bonchev–Trinajstić information content (AvgIpc) is 2.55. The van der Waals surface area contributed by atoms with Crippen LogP contribution < -0.4 is 16.0 Å². The van der Waals surface area contributed by atoms with Gasteiger partial charge in [0.25, 0.3) is 5.91 Å². The minimum Gasteiger partial charge on any atom is -0.357 e. The van der Waals surface area contributed by atoms with Gasteiger partial charge in [-0.2, -0.15) is 0 Å². The fourth-order valence-electron chi connectivity index (χ4n) is 2.08. The van der Waals surface area contributed by atoms with E-state index in [1.807, 2.05) is 37.3 Å². The number of nitrogens with one attached hydrogen (secondary N) is 3. The van der Waals surface area contributed by atoms with Gasteiger partial charge in [-0.3, -0.25) is 9.79 Å². The van der Waals surface area contributed by atoms with Crippen molar-refractivity contribution >= 4 is 35.8 Å². The Bertz CT molecular complexity index is 477. The van der Waals surface area contributed by atoms with Crippen LogP contribution >= 0.6 is 24.0 Å². The molecule has 0 radical (unpaired) electrons. The van der Waals surface area contributed by atoms with Gasteiger partial charge < -0.3 is 16.0 Å². The molecule has 0 unspecified atom stereocenters. The Morgan fingerprint density at radius 3 is 2.38 bits per heavy atom. The predicted octanol–water partition coefficient (Wildman–Crippen LogP) is 3.03. The second-order valence-electron chi connectivity index (χ2n) is 5.85. The Kier molecular flexibility index (Phi) is 13.3. The molecule has 3 N–H and O–H groups in total. The van der Waals surface area contributed by atoms with E-state index in [0.29, 0.717) is 24.6 Å². The zero-order valence-corrected chi connectivity index (χ0v) is 17.3. The number of carbonyl (C=O) groups is 1. The highest BCUT2D eigenvalue weighted by Crippen LogP contribution is 2.02. The molecule has 1 amide bonds. The summed E-state index contributed by atoms with van der Waals surface area (Å²) >= 11 is 0. The molecule has 5 nitrogen and oxygen atoms in total. The SMILES string of the molecule is CCNC(=NCCCC(C)C)NCCNC(=O)c1ccccc1.I. The summed E-state index contributed by atoms with van der Waals surface area (Å²) < 4.78 is 0. The van der Waals surface area contributed by atoms with Gasteiger partial charge in [0.05, 0.1) is 0 Å². The third-order valence-corrected chi connectivity index (χ3v) is 3.29. The van der Waals surface area contributed by atoms with E-state index < -0.39 is 0 Å². The lowest BCUT2D eigenvalue weighted by Gasteiger charge is -2.12. The summed E-state index contributed by atoms with van der Waals surface area (Å²) in [6.45, 7) is 9.35. The average molecular weight is 446 g/mol. The zero-order chi connectivity index (χ0) is 16.9. The first-order valence-electron chi connectivity index (χ1n) is 8.49. The molecule has 1 rings (SSSR count). The van der Waals surface area contributed by atoms with E-state index in [4.69, 9.17) is 0 Å². The molecule has 0 atom stereocenters. The lowest BCUT2D eigenvalue weighted by Crippen LogP contribution is -2.41. The van der Waals surface area contributed by atoms with Crippen molar-refractivity contribution in [1.29, 1.82) is 0 Å². The molecule has 136 valence electrons. The molecular weight excluding hydrogens is 415 g/mol. The summed E-state index contributed by atoms with van der Waals surface area (Å²) in [7, 11) is 0. The standard InChI is InChI=1S/C18H30N4O.HI/c1-4-19-18(21-12-8-9-15(2)3)22-14-13-20-17(23)16-10-6-5-7-11-16;/h5-7,10-11,15H,4,8-9,12-14H2,1-3H3,(H,20,23)(H2,19,21,22);1H. The van der Waals surface area contributed by atoms with E-state index in [1.54, 1.807) is 0 Å². The Hall–Kier alpha value is -1.31. The van der Waals surface area contributed by atoms with Crippen molar-refractivity contribution in [3.8, 4) is 0 Å². The Balaban J connectivity index is 0.00000529. The van der Waals surface area contributed by atoms with Crippen LogP contribution in [0, 0.1) is 5.92 Å². The van der Waals surface area contributed by atoms with Crippen LogP contribution in [0.3, 0.4) is 0 Å². The Morgan fingerprint density at radius 1 is 1.08 bits per heavy atom. The second-order valence-corrected chi connectivity index (χ2v) is 5.85. The molecule has 6 heteroatoms. The van der Waals surface area contributed by atoms with Gasteiger partial charge >= 0.3 is 0 Å². The Labute approximate surface area is 163 Å². The number of halogens is 1. The summed E-state index contributed by atoms with van der Waals surface area (Å²) in [4.78, 5) is 16.4. The number of hydrogen-bond acceptors (Lipinski definition) is 2. The normalized spacial score (nSPS) is 10.9. The smallest absolute Gasteiger partial charge is 0.251 e. The lowest BCUT2D eigenvalue weighted by molar-refractivity contribution is 0.0954. The third kappa shape index (κ3) is 10.5. The van der Waals surface area contributed by atoms with Crippen LogP contribution in [0.2, 0.25) is 0 Å². The molecule has 1 aromatic carbocycles. The third-order valence-electron chi connectivity index (χ3n) is 3.29. The summed E-state index contributed by atoms with van der Waals surface area (Å²) in [6, 6.07) is 9.24. The van der Waals surface area contributed by atoms with Crippen LogP contribution in [0.1, 0.15) is 44.0 Å². The number of rotatable bonds is 9. The zero-order valence-electron chi connectivity index (χ0n) is 15.0. The highest BCUT2D eigenvalue weighted by atomic mass is 127. The first-order chi connectivity index (χ1) is 11.1. The van der Waals surface area contributed by atoms with Crippen molar-refractivity contribution in [2.24, 2.45) is 10.9 Å². The highest BCUT2D eigenvalue weighted by Gasteiger charge is 2.03. The van der Waals surface area contributed by atoms with Gasteiger partial charge in [0, 0.05) is 31.7 Å². The van der Waals surface area contributed by atoms with Crippen molar-refractivity contribution in [1.82, 2.24) is 16.0 Å². The summed E-state index contributed by atoms with van der Waals surface area (Å²) in [5.74, 6) is 1.48. The van der Waals surface area contributed by atoms with E-state index in [2.05, 4.69) is 34.8 Å². The van der Waals surface area contributed by atoms with Crippen LogP contribution in [-0.4, -0.2) is 38.0 Å².